The Morgan fingerprint density at radius 1 is 0.700 bits per heavy atom. The van der Waals surface area contributed by atoms with Gasteiger partial charge in [0.2, 0.25) is 0 Å². The van der Waals surface area contributed by atoms with Gasteiger partial charge in [-0.2, -0.15) is 0 Å². The van der Waals surface area contributed by atoms with Gasteiger partial charge in [0.25, 0.3) is 0 Å². The van der Waals surface area contributed by atoms with Crippen molar-refractivity contribution in [3.63, 3.8) is 0 Å². The van der Waals surface area contributed by atoms with Crippen molar-refractivity contribution in [1.29, 1.82) is 0 Å². The number of hydrogen-bond acceptors (Lipinski definition) is 0. The van der Waals surface area contributed by atoms with Crippen molar-refractivity contribution < 1.29 is 0 Å². The molecule has 0 saturated heterocycles. The molecule has 0 saturated carbocycles. The van der Waals surface area contributed by atoms with E-state index in [1.807, 2.05) is 0 Å². The Morgan fingerprint density at radius 2 is 0.900 bits per heavy atom. The zero-order valence-electron chi connectivity index (χ0n) is 5.82. The zero-order chi connectivity index (χ0) is 8.31. The average Bonchev–Trinajstić information content (AvgIpc) is 1.84. The predicted octanol–water partition coefficient (Wildman–Crippen LogP) is 4.24. The number of rotatable bonds is 3. The standard InChI is InChI=1S/C6H10I4/c1-3(7)5(9)6(10)4(2)8/h3-6H,1-2H3/t3?,4?,5-,6-/m1/s1. The van der Waals surface area contributed by atoms with Crippen LogP contribution in [-0.2, 0) is 0 Å². The molecule has 0 spiro atoms. The van der Waals surface area contributed by atoms with Crippen LogP contribution in [0, 0.1) is 0 Å². The van der Waals surface area contributed by atoms with Crippen molar-refractivity contribution in [2.45, 2.75) is 29.5 Å². The maximum Gasteiger partial charge on any atom is 0.0353 e. The average molecular weight is 590 g/mol. The first-order valence-corrected chi connectivity index (χ1v) is 8.01. The van der Waals surface area contributed by atoms with Gasteiger partial charge >= 0.3 is 0 Å². The number of alkyl halides is 4. The van der Waals surface area contributed by atoms with Crippen molar-refractivity contribution in [1.82, 2.24) is 0 Å². The molecule has 0 radical (unpaired) electrons. The summed E-state index contributed by atoms with van der Waals surface area (Å²) in [6, 6.07) is 0. The lowest BCUT2D eigenvalue weighted by Crippen LogP contribution is -2.27. The Morgan fingerprint density at radius 3 is 1.00 bits per heavy atom. The van der Waals surface area contributed by atoms with Crippen molar-refractivity contribution >= 4 is 90.4 Å². The van der Waals surface area contributed by atoms with Crippen LogP contribution in [0.25, 0.3) is 0 Å². The second kappa shape index (κ2) is 6.39. The molecule has 0 fully saturated rings. The third-order valence-electron chi connectivity index (χ3n) is 1.18. The molecule has 0 amide bonds. The first-order chi connectivity index (χ1) is 4.46. The first-order valence-electron chi connectivity index (χ1n) is 3.03. The summed E-state index contributed by atoms with van der Waals surface area (Å²) in [5.74, 6) is 0. The van der Waals surface area contributed by atoms with E-state index in [-0.39, 0.29) is 0 Å². The van der Waals surface area contributed by atoms with Crippen LogP contribution in [0.1, 0.15) is 13.8 Å². The summed E-state index contributed by atoms with van der Waals surface area (Å²) in [7, 11) is 0. The highest BCUT2D eigenvalue weighted by Gasteiger charge is 2.23. The molecule has 0 aromatic heterocycles. The summed E-state index contributed by atoms with van der Waals surface area (Å²) in [6.45, 7) is 4.56. The van der Waals surface area contributed by atoms with Gasteiger partial charge < -0.3 is 0 Å². The van der Waals surface area contributed by atoms with Crippen molar-refractivity contribution in [2.24, 2.45) is 0 Å². The summed E-state index contributed by atoms with van der Waals surface area (Å²) in [6.07, 6.45) is 0. The lowest BCUT2D eigenvalue weighted by molar-refractivity contribution is 0.836. The van der Waals surface area contributed by atoms with E-state index in [2.05, 4.69) is 104 Å². The maximum absolute atomic E-state index is 2.55. The minimum atomic E-state index is 0.775. The Hall–Kier alpha value is 2.92. The second-order valence-corrected chi connectivity index (χ2v) is 9.05. The van der Waals surface area contributed by atoms with Gasteiger partial charge in [0.05, 0.1) is 0 Å². The van der Waals surface area contributed by atoms with Crippen LogP contribution in [0.5, 0.6) is 0 Å². The van der Waals surface area contributed by atoms with E-state index in [9.17, 15) is 0 Å². The molecule has 0 aromatic rings. The third-order valence-corrected chi connectivity index (χ3v) is 10.6. The van der Waals surface area contributed by atoms with E-state index in [4.69, 9.17) is 0 Å². The highest BCUT2D eigenvalue weighted by Crippen LogP contribution is 2.29. The van der Waals surface area contributed by atoms with Gasteiger partial charge in [-0.25, -0.2) is 0 Å². The molecular weight excluding hydrogens is 580 g/mol. The normalized spacial score (nSPS) is 23.4. The molecule has 4 heteroatoms. The Kier molecular flexibility index (Phi) is 8.25. The minimum absolute atomic E-state index is 0.775. The van der Waals surface area contributed by atoms with E-state index in [0.29, 0.717) is 0 Å². The SMILES string of the molecule is CC(I)[C@@H](I)[C@H](I)C(C)I. The Labute approximate surface area is 118 Å². The number of halogens is 4. The summed E-state index contributed by atoms with van der Waals surface area (Å²) in [5.41, 5.74) is 0. The van der Waals surface area contributed by atoms with Crippen LogP contribution in [0.15, 0.2) is 0 Å². The van der Waals surface area contributed by atoms with E-state index >= 15 is 0 Å². The molecule has 0 bridgehead atoms. The Balaban J connectivity index is 3.81. The largest absolute Gasteiger partial charge is 0.0817 e. The van der Waals surface area contributed by atoms with E-state index in [1.165, 1.54) is 0 Å². The van der Waals surface area contributed by atoms with E-state index < -0.39 is 0 Å². The summed E-state index contributed by atoms with van der Waals surface area (Å²) in [4.78, 5) is 0. The summed E-state index contributed by atoms with van der Waals surface area (Å²) in [5, 5.41) is 0. The molecule has 62 valence electrons. The predicted molar refractivity (Wildman–Crippen MR) is 82.6 cm³/mol. The lowest BCUT2D eigenvalue weighted by atomic mass is 10.2. The molecule has 10 heavy (non-hydrogen) atoms. The van der Waals surface area contributed by atoms with Crippen LogP contribution in [0.4, 0.5) is 0 Å². The van der Waals surface area contributed by atoms with Crippen LogP contribution in [-0.4, -0.2) is 15.7 Å². The second-order valence-electron chi connectivity index (χ2n) is 2.24. The maximum atomic E-state index is 2.55. The molecule has 0 nitrogen and oxygen atoms in total. The monoisotopic (exact) mass is 590 g/mol. The quantitative estimate of drug-likeness (QED) is 0.342. The first kappa shape index (κ1) is 12.9. The van der Waals surface area contributed by atoms with E-state index in [0.717, 1.165) is 15.7 Å². The van der Waals surface area contributed by atoms with Gasteiger partial charge in [0.1, 0.15) is 0 Å². The molecule has 0 N–H and O–H groups in total. The van der Waals surface area contributed by atoms with Gasteiger partial charge in [0.15, 0.2) is 0 Å². The lowest BCUT2D eigenvalue weighted by Gasteiger charge is -2.21. The molecule has 0 aliphatic carbocycles. The molecule has 0 heterocycles. The summed E-state index contributed by atoms with van der Waals surface area (Å²) >= 11 is 10.1. The highest BCUT2D eigenvalue weighted by molar-refractivity contribution is 14.1. The van der Waals surface area contributed by atoms with Gasteiger partial charge in [0, 0.05) is 15.7 Å². The highest BCUT2D eigenvalue weighted by atomic mass is 127. The molecule has 0 aliphatic heterocycles. The molecule has 0 aliphatic rings. The topological polar surface area (TPSA) is 0 Å². The molecule has 2 unspecified atom stereocenters. The van der Waals surface area contributed by atoms with Gasteiger partial charge in [-0.3, -0.25) is 0 Å². The third kappa shape index (κ3) is 4.83. The Bertz CT molecular complexity index is 79.7. The van der Waals surface area contributed by atoms with Crippen LogP contribution >= 0.6 is 90.4 Å². The molecule has 0 rings (SSSR count). The van der Waals surface area contributed by atoms with Gasteiger partial charge in [-0.05, 0) is 0 Å². The zero-order valence-corrected chi connectivity index (χ0v) is 14.5. The van der Waals surface area contributed by atoms with Crippen LogP contribution < -0.4 is 0 Å². The van der Waals surface area contributed by atoms with E-state index in [1.54, 1.807) is 0 Å². The molecule has 0 aromatic carbocycles. The fourth-order valence-corrected chi connectivity index (χ4v) is 4.24. The van der Waals surface area contributed by atoms with Crippen LogP contribution in [0.3, 0.4) is 0 Å². The fourth-order valence-electron chi connectivity index (χ4n) is 0.507. The fraction of sp³-hybridized carbons (Fsp3) is 1.00. The molecule has 4 atom stereocenters. The van der Waals surface area contributed by atoms with Crippen molar-refractivity contribution in [3.05, 3.63) is 0 Å². The van der Waals surface area contributed by atoms with Gasteiger partial charge in [-0.15, -0.1) is 0 Å². The van der Waals surface area contributed by atoms with Crippen LogP contribution in [0.2, 0.25) is 0 Å². The summed E-state index contributed by atoms with van der Waals surface area (Å²) < 4.78 is 3.14. The minimum Gasteiger partial charge on any atom is -0.0817 e. The van der Waals surface area contributed by atoms with Crippen molar-refractivity contribution in [2.75, 3.05) is 0 Å². The molecular formula is C6H10I4. The van der Waals surface area contributed by atoms with Gasteiger partial charge in [-0.1, -0.05) is 104 Å². The van der Waals surface area contributed by atoms with Crippen molar-refractivity contribution in [3.8, 4) is 0 Å². The number of hydrogen-bond donors (Lipinski definition) is 0. The smallest absolute Gasteiger partial charge is 0.0353 e.